The second-order valence-electron chi connectivity index (χ2n) is 6.95. The lowest BCUT2D eigenvalue weighted by molar-refractivity contribution is -0.125. The van der Waals surface area contributed by atoms with E-state index in [2.05, 4.69) is 24.5 Å². The number of nitrogens with one attached hydrogen (secondary N) is 2. The van der Waals surface area contributed by atoms with Gasteiger partial charge in [-0.2, -0.15) is 0 Å². The van der Waals surface area contributed by atoms with Crippen LogP contribution >= 0.6 is 0 Å². The van der Waals surface area contributed by atoms with E-state index in [9.17, 15) is 9.18 Å². The molecule has 1 aromatic carbocycles. The van der Waals surface area contributed by atoms with Crippen LogP contribution < -0.4 is 10.6 Å². The number of piperidine rings is 1. The van der Waals surface area contributed by atoms with Gasteiger partial charge in [-0.1, -0.05) is 12.1 Å². The SMILES string of the molecule is CC1(C)NC(=O)CC[C@@H]1NC1CC(c2cccc(F)c2)C1. The zero-order valence-corrected chi connectivity index (χ0v) is 12.7. The molecule has 1 amide bonds. The molecular weight excluding hydrogens is 267 g/mol. The fourth-order valence-corrected chi connectivity index (χ4v) is 3.51. The standard InChI is InChI=1S/C17H23FN2O/c1-17(2)15(6-7-16(21)20-17)19-14-9-12(10-14)11-4-3-5-13(18)8-11/h3-5,8,12,14-15,19H,6-7,9-10H2,1-2H3,(H,20,21)/t12?,14?,15-/m0/s1. The first-order chi connectivity index (χ1) is 9.94. The second-order valence-corrected chi connectivity index (χ2v) is 6.95. The number of hydrogen-bond acceptors (Lipinski definition) is 2. The molecule has 0 radical (unpaired) electrons. The minimum absolute atomic E-state index is 0.143. The highest BCUT2D eigenvalue weighted by Gasteiger charge is 2.39. The largest absolute Gasteiger partial charge is 0.350 e. The number of benzene rings is 1. The van der Waals surface area contributed by atoms with Gasteiger partial charge in [-0.3, -0.25) is 4.79 Å². The van der Waals surface area contributed by atoms with Gasteiger partial charge in [-0.05, 0) is 56.7 Å². The maximum absolute atomic E-state index is 13.2. The Bertz CT molecular complexity index is 537. The molecule has 0 unspecified atom stereocenters. The van der Waals surface area contributed by atoms with Gasteiger partial charge in [0.25, 0.3) is 0 Å². The summed E-state index contributed by atoms with van der Waals surface area (Å²) in [4.78, 5) is 11.5. The topological polar surface area (TPSA) is 41.1 Å². The second kappa shape index (κ2) is 5.41. The molecule has 21 heavy (non-hydrogen) atoms. The molecule has 1 saturated heterocycles. The van der Waals surface area contributed by atoms with Gasteiger partial charge in [0.1, 0.15) is 5.82 Å². The van der Waals surface area contributed by atoms with Crippen molar-refractivity contribution in [2.24, 2.45) is 0 Å². The molecule has 1 aliphatic heterocycles. The van der Waals surface area contributed by atoms with Crippen LogP contribution in [-0.4, -0.2) is 23.5 Å². The Morgan fingerprint density at radius 3 is 2.76 bits per heavy atom. The van der Waals surface area contributed by atoms with E-state index in [4.69, 9.17) is 0 Å². The third kappa shape index (κ3) is 3.10. The quantitative estimate of drug-likeness (QED) is 0.898. The Morgan fingerprint density at radius 2 is 2.10 bits per heavy atom. The monoisotopic (exact) mass is 290 g/mol. The van der Waals surface area contributed by atoms with Crippen molar-refractivity contribution in [3.05, 3.63) is 35.6 Å². The molecular formula is C17H23FN2O. The summed E-state index contributed by atoms with van der Waals surface area (Å²) >= 11 is 0. The van der Waals surface area contributed by atoms with E-state index in [1.165, 1.54) is 6.07 Å². The summed E-state index contributed by atoms with van der Waals surface area (Å²) in [6.45, 7) is 4.15. The number of rotatable bonds is 3. The average molecular weight is 290 g/mol. The molecule has 3 rings (SSSR count). The molecule has 1 atom stereocenters. The minimum Gasteiger partial charge on any atom is -0.350 e. The van der Waals surface area contributed by atoms with E-state index in [1.54, 1.807) is 12.1 Å². The van der Waals surface area contributed by atoms with Gasteiger partial charge in [0.2, 0.25) is 5.91 Å². The van der Waals surface area contributed by atoms with E-state index in [0.717, 1.165) is 24.8 Å². The third-order valence-corrected chi connectivity index (χ3v) is 4.89. The highest BCUT2D eigenvalue weighted by atomic mass is 19.1. The maximum atomic E-state index is 13.2. The van der Waals surface area contributed by atoms with E-state index in [1.807, 2.05) is 6.07 Å². The van der Waals surface area contributed by atoms with Crippen molar-refractivity contribution in [1.29, 1.82) is 0 Å². The first-order valence-corrected chi connectivity index (χ1v) is 7.76. The first kappa shape index (κ1) is 14.5. The molecule has 1 aliphatic carbocycles. The van der Waals surface area contributed by atoms with Crippen molar-refractivity contribution < 1.29 is 9.18 Å². The highest BCUT2D eigenvalue weighted by Crippen LogP contribution is 2.38. The molecule has 2 aliphatic rings. The summed E-state index contributed by atoms with van der Waals surface area (Å²) in [6.07, 6.45) is 3.58. The Kier molecular flexibility index (Phi) is 3.74. The molecule has 2 fully saturated rings. The predicted molar refractivity (Wildman–Crippen MR) is 80.5 cm³/mol. The first-order valence-electron chi connectivity index (χ1n) is 7.76. The molecule has 1 saturated carbocycles. The molecule has 1 heterocycles. The van der Waals surface area contributed by atoms with Gasteiger partial charge >= 0.3 is 0 Å². The normalized spacial score (nSPS) is 31.4. The van der Waals surface area contributed by atoms with Gasteiger partial charge in [0, 0.05) is 24.0 Å². The van der Waals surface area contributed by atoms with Crippen LogP contribution in [0.5, 0.6) is 0 Å². The van der Waals surface area contributed by atoms with Crippen molar-refractivity contribution in [1.82, 2.24) is 10.6 Å². The summed E-state index contributed by atoms with van der Waals surface area (Å²) in [6, 6.07) is 7.71. The van der Waals surface area contributed by atoms with Crippen LogP contribution in [0.4, 0.5) is 4.39 Å². The van der Waals surface area contributed by atoms with E-state index < -0.39 is 0 Å². The highest BCUT2D eigenvalue weighted by molar-refractivity contribution is 5.77. The van der Waals surface area contributed by atoms with Gasteiger partial charge in [0.15, 0.2) is 0 Å². The van der Waals surface area contributed by atoms with Crippen LogP contribution in [0.1, 0.15) is 51.0 Å². The average Bonchev–Trinajstić information content (AvgIpc) is 2.34. The van der Waals surface area contributed by atoms with Crippen molar-refractivity contribution in [3.63, 3.8) is 0 Å². The zero-order chi connectivity index (χ0) is 15.0. The van der Waals surface area contributed by atoms with Crippen molar-refractivity contribution in [2.75, 3.05) is 0 Å². The zero-order valence-electron chi connectivity index (χ0n) is 12.7. The Morgan fingerprint density at radius 1 is 1.33 bits per heavy atom. The Labute approximate surface area is 125 Å². The number of carbonyl (C=O) groups excluding carboxylic acids is 1. The molecule has 4 heteroatoms. The third-order valence-electron chi connectivity index (χ3n) is 4.89. The Hall–Kier alpha value is -1.42. The molecule has 0 aromatic heterocycles. The number of carbonyl (C=O) groups is 1. The van der Waals surface area contributed by atoms with Crippen LogP contribution in [0.25, 0.3) is 0 Å². The fourth-order valence-electron chi connectivity index (χ4n) is 3.51. The molecule has 1 aromatic rings. The van der Waals surface area contributed by atoms with Crippen LogP contribution in [0, 0.1) is 5.82 Å². The van der Waals surface area contributed by atoms with Crippen LogP contribution in [0.15, 0.2) is 24.3 Å². The summed E-state index contributed by atoms with van der Waals surface area (Å²) in [7, 11) is 0. The van der Waals surface area contributed by atoms with Crippen molar-refractivity contribution >= 4 is 5.91 Å². The summed E-state index contributed by atoms with van der Waals surface area (Å²) in [5.41, 5.74) is 0.906. The van der Waals surface area contributed by atoms with Crippen LogP contribution in [0.3, 0.4) is 0 Å². The molecule has 114 valence electrons. The van der Waals surface area contributed by atoms with Crippen LogP contribution in [0.2, 0.25) is 0 Å². The molecule has 0 spiro atoms. The van der Waals surface area contributed by atoms with E-state index in [-0.39, 0.29) is 17.3 Å². The van der Waals surface area contributed by atoms with E-state index >= 15 is 0 Å². The summed E-state index contributed by atoms with van der Waals surface area (Å²) in [5.74, 6) is 0.448. The molecule has 0 bridgehead atoms. The van der Waals surface area contributed by atoms with Gasteiger partial charge in [-0.25, -0.2) is 4.39 Å². The summed E-state index contributed by atoms with van der Waals surface area (Å²) in [5, 5.41) is 6.73. The molecule has 2 N–H and O–H groups in total. The predicted octanol–water partition coefficient (Wildman–Crippen LogP) is 2.72. The van der Waals surface area contributed by atoms with Gasteiger partial charge in [0.05, 0.1) is 0 Å². The summed E-state index contributed by atoms with van der Waals surface area (Å²) < 4.78 is 13.2. The number of hydrogen-bond donors (Lipinski definition) is 2. The van der Waals surface area contributed by atoms with E-state index in [0.29, 0.717) is 24.4 Å². The van der Waals surface area contributed by atoms with Crippen molar-refractivity contribution in [2.45, 2.75) is 63.1 Å². The van der Waals surface area contributed by atoms with Gasteiger partial charge < -0.3 is 10.6 Å². The molecule has 3 nitrogen and oxygen atoms in total. The van der Waals surface area contributed by atoms with Crippen molar-refractivity contribution in [3.8, 4) is 0 Å². The van der Waals surface area contributed by atoms with Crippen LogP contribution in [-0.2, 0) is 4.79 Å². The number of amides is 1. The maximum Gasteiger partial charge on any atom is 0.220 e. The Balaban J connectivity index is 1.54. The number of halogens is 1. The lowest BCUT2D eigenvalue weighted by atomic mass is 9.74. The lowest BCUT2D eigenvalue weighted by Gasteiger charge is -2.45. The fraction of sp³-hybridized carbons (Fsp3) is 0.588. The lowest BCUT2D eigenvalue weighted by Crippen LogP contribution is -2.63. The minimum atomic E-state index is -0.195. The van der Waals surface area contributed by atoms with Gasteiger partial charge in [-0.15, -0.1) is 0 Å². The smallest absolute Gasteiger partial charge is 0.220 e.